The van der Waals surface area contributed by atoms with Gasteiger partial charge in [0.15, 0.2) is 11.1 Å². The zero-order chi connectivity index (χ0) is 8.43. The Hall–Kier alpha value is 0.180. The molecule has 0 amide bonds. The Labute approximate surface area is 69.2 Å². The van der Waals surface area contributed by atoms with Gasteiger partial charge in [-0.05, 0) is 6.92 Å². The van der Waals surface area contributed by atoms with Gasteiger partial charge < -0.3 is 4.55 Å². The summed E-state index contributed by atoms with van der Waals surface area (Å²) in [5.74, 6) is 0. The molecule has 7 heteroatoms. The molecule has 1 aliphatic heterocycles. The fraction of sp³-hybridized carbons (Fsp3) is 1.00. The molecule has 1 N–H and O–H groups in total. The predicted octanol–water partition coefficient (Wildman–Crippen LogP) is -0.409. The van der Waals surface area contributed by atoms with Gasteiger partial charge in [0, 0.05) is 0 Å². The van der Waals surface area contributed by atoms with Crippen molar-refractivity contribution in [3.05, 3.63) is 0 Å². The van der Waals surface area contributed by atoms with Crippen molar-refractivity contribution in [2.45, 2.75) is 18.3 Å². The van der Waals surface area contributed by atoms with Gasteiger partial charge in [0.25, 0.3) is 0 Å². The average Bonchev–Trinajstić information content (AvgIpc) is 2.34. The summed E-state index contributed by atoms with van der Waals surface area (Å²) in [7, 11) is 0. The largest absolute Gasteiger partial charge is 0.306 e. The summed E-state index contributed by atoms with van der Waals surface area (Å²) in [4.78, 5) is 0. The van der Waals surface area contributed by atoms with Gasteiger partial charge in [-0.15, -0.1) is 0 Å². The maximum Gasteiger partial charge on any atom is 0.305 e. The third kappa shape index (κ3) is 2.31. The van der Waals surface area contributed by atoms with E-state index in [9.17, 15) is 8.42 Å². The molecule has 1 fully saturated rings. The van der Waals surface area contributed by atoms with Crippen LogP contribution in [-0.2, 0) is 30.8 Å². The summed E-state index contributed by atoms with van der Waals surface area (Å²) < 4.78 is 38.8. The Morgan fingerprint density at radius 1 is 1.82 bits per heavy atom. The Balaban J connectivity index is 2.49. The van der Waals surface area contributed by atoms with Crippen LogP contribution in [0.5, 0.6) is 0 Å². The van der Waals surface area contributed by atoms with Crippen molar-refractivity contribution in [2.75, 3.05) is 6.61 Å². The highest BCUT2D eigenvalue weighted by molar-refractivity contribution is 7.80. The molecule has 1 saturated heterocycles. The molecule has 0 bridgehead atoms. The lowest BCUT2D eigenvalue weighted by molar-refractivity contribution is 0.235. The second kappa shape index (κ2) is 3.72. The Morgan fingerprint density at radius 2 is 2.45 bits per heavy atom. The molecule has 11 heavy (non-hydrogen) atoms. The van der Waals surface area contributed by atoms with Gasteiger partial charge >= 0.3 is 11.4 Å². The monoisotopic (exact) mass is 200 g/mol. The van der Waals surface area contributed by atoms with E-state index in [1.165, 1.54) is 6.92 Å². The molecule has 1 heterocycles. The van der Waals surface area contributed by atoms with E-state index >= 15 is 0 Å². The van der Waals surface area contributed by atoms with Crippen molar-refractivity contribution in [1.29, 1.82) is 0 Å². The summed E-state index contributed by atoms with van der Waals surface area (Å²) in [6.45, 7) is 1.65. The van der Waals surface area contributed by atoms with Crippen molar-refractivity contribution >= 4 is 22.4 Å². The molecule has 0 aromatic carbocycles. The Bertz CT molecular complexity index is 193. The van der Waals surface area contributed by atoms with E-state index in [1.54, 1.807) is 0 Å². The van der Waals surface area contributed by atoms with Crippen LogP contribution in [0.1, 0.15) is 6.92 Å². The first kappa shape index (κ1) is 9.27. The van der Waals surface area contributed by atoms with Gasteiger partial charge in [0.1, 0.15) is 6.10 Å². The third-order valence-electron chi connectivity index (χ3n) is 1.37. The van der Waals surface area contributed by atoms with Crippen molar-refractivity contribution in [3.63, 3.8) is 0 Å². The number of hydrogen-bond acceptors (Lipinski definition) is 4. The van der Waals surface area contributed by atoms with Crippen LogP contribution < -0.4 is 0 Å². The molecule has 5 nitrogen and oxygen atoms in total. The van der Waals surface area contributed by atoms with E-state index in [0.29, 0.717) is 0 Å². The van der Waals surface area contributed by atoms with E-state index in [1.807, 2.05) is 0 Å². The second-order valence-corrected chi connectivity index (χ2v) is 4.24. The normalized spacial score (nSPS) is 36.9. The zero-order valence-electron chi connectivity index (χ0n) is 5.76. The van der Waals surface area contributed by atoms with E-state index in [0.717, 1.165) is 0 Å². The smallest absolute Gasteiger partial charge is 0.305 e. The highest BCUT2D eigenvalue weighted by atomic mass is 32.2. The van der Waals surface area contributed by atoms with Crippen LogP contribution in [0.3, 0.4) is 0 Å². The molecule has 0 radical (unpaired) electrons. The van der Waals surface area contributed by atoms with Gasteiger partial charge in [-0.25, -0.2) is 4.21 Å². The van der Waals surface area contributed by atoms with Crippen molar-refractivity contribution in [3.8, 4) is 0 Å². The maximum atomic E-state index is 10.5. The van der Waals surface area contributed by atoms with Crippen LogP contribution in [-0.4, -0.2) is 30.9 Å². The molecule has 4 unspecified atom stereocenters. The molecular formula is C4H8O5S2. The number of rotatable bonds is 2. The second-order valence-electron chi connectivity index (χ2n) is 2.10. The first-order valence-electron chi connectivity index (χ1n) is 2.93. The van der Waals surface area contributed by atoms with Gasteiger partial charge in [-0.3, -0.25) is 8.37 Å². The van der Waals surface area contributed by atoms with Crippen molar-refractivity contribution < 1.29 is 21.3 Å². The van der Waals surface area contributed by atoms with E-state index < -0.39 is 33.8 Å². The summed E-state index contributed by atoms with van der Waals surface area (Å²) >= 11 is -3.69. The van der Waals surface area contributed by atoms with Crippen LogP contribution in [0.4, 0.5) is 0 Å². The van der Waals surface area contributed by atoms with Crippen LogP contribution >= 0.6 is 0 Å². The van der Waals surface area contributed by atoms with E-state index in [4.69, 9.17) is 4.55 Å². The minimum atomic E-state index is -1.95. The van der Waals surface area contributed by atoms with Crippen LogP contribution in [0, 0.1) is 0 Å². The van der Waals surface area contributed by atoms with Gasteiger partial charge in [-0.1, -0.05) is 0 Å². The molecule has 4 atom stereocenters. The highest BCUT2D eigenvalue weighted by Gasteiger charge is 2.31. The van der Waals surface area contributed by atoms with Crippen LogP contribution in [0.2, 0.25) is 0 Å². The lowest BCUT2D eigenvalue weighted by Gasteiger charge is -2.09. The molecular weight excluding hydrogens is 192 g/mol. The van der Waals surface area contributed by atoms with Crippen LogP contribution in [0.15, 0.2) is 0 Å². The summed E-state index contributed by atoms with van der Waals surface area (Å²) in [6.07, 6.45) is -0.540. The summed E-state index contributed by atoms with van der Waals surface area (Å²) in [5.41, 5.74) is 0. The highest BCUT2D eigenvalue weighted by Crippen LogP contribution is 2.14. The first-order valence-corrected chi connectivity index (χ1v) is 5.10. The van der Waals surface area contributed by atoms with Gasteiger partial charge in [0.05, 0.1) is 11.9 Å². The molecule has 1 rings (SSSR count). The zero-order valence-corrected chi connectivity index (χ0v) is 7.39. The van der Waals surface area contributed by atoms with E-state index in [-0.39, 0.29) is 6.61 Å². The number of hydrogen-bond donors (Lipinski definition) is 1. The first-order chi connectivity index (χ1) is 5.11. The molecule has 0 aromatic heterocycles. The van der Waals surface area contributed by atoms with Gasteiger partial charge in [0.2, 0.25) is 0 Å². The standard InChI is InChI=1S/C4H8O5S2/c1-3(10(5)6)4-2-8-11(7)9-4/h3-4H,2H2,1H3,(H,5,6). The Kier molecular flexibility index (Phi) is 3.14. The topological polar surface area (TPSA) is 72.8 Å². The lowest BCUT2D eigenvalue weighted by Crippen LogP contribution is -2.28. The lowest BCUT2D eigenvalue weighted by atomic mass is 10.3. The minimum Gasteiger partial charge on any atom is -0.306 e. The molecule has 0 aromatic rings. The predicted molar refractivity (Wildman–Crippen MR) is 39.2 cm³/mol. The van der Waals surface area contributed by atoms with Crippen molar-refractivity contribution in [2.24, 2.45) is 0 Å². The van der Waals surface area contributed by atoms with Crippen LogP contribution in [0.25, 0.3) is 0 Å². The average molecular weight is 200 g/mol. The third-order valence-corrected chi connectivity index (χ3v) is 3.04. The fourth-order valence-electron chi connectivity index (χ4n) is 0.623. The molecule has 0 aliphatic carbocycles. The maximum absolute atomic E-state index is 10.5. The summed E-state index contributed by atoms with van der Waals surface area (Å²) in [5, 5.41) is -0.568. The fourth-order valence-corrected chi connectivity index (χ4v) is 1.81. The van der Waals surface area contributed by atoms with E-state index in [2.05, 4.69) is 8.37 Å². The van der Waals surface area contributed by atoms with Crippen molar-refractivity contribution in [1.82, 2.24) is 0 Å². The Morgan fingerprint density at radius 3 is 2.82 bits per heavy atom. The van der Waals surface area contributed by atoms with Gasteiger partial charge in [-0.2, -0.15) is 4.21 Å². The molecule has 66 valence electrons. The molecule has 0 saturated carbocycles. The minimum absolute atomic E-state index is 0.111. The molecule has 1 aliphatic rings. The quantitative estimate of drug-likeness (QED) is 0.613. The SMILES string of the molecule is CC(C1COS(=O)O1)S(=O)O. The molecule has 0 spiro atoms. The summed E-state index contributed by atoms with van der Waals surface area (Å²) in [6, 6.07) is 0.